The van der Waals surface area contributed by atoms with Crippen molar-refractivity contribution in [3.8, 4) is 5.75 Å². The number of likely N-dealkylation sites (N-methyl/N-ethyl adjacent to an activating group) is 2. The molecule has 0 N–H and O–H groups in total. The van der Waals surface area contributed by atoms with Crippen LogP contribution in [0.4, 0.5) is 0 Å². The van der Waals surface area contributed by atoms with Crippen molar-refractivity contribution in [3.05, 3.63) is 69.6 Å². The lowest BCUT2D eigenvalue weighted by molar-refractivity contribution is 0.0738. The molecule has 1 fully saturated rings. The number of carbonyl (C=O) groups is 1. The number of thiophene rings is 1. The van der Waals surface area contributed by atoms with Gasteiger partial charge in [0, 0.05) is 44.5 Å². The molecule has 0 bridgehead atoms. The number of amides is 1. The van der Waals surface area contributed by atoms with Gasteiger partial charge in [-0.3, -0.25) is 14.6 Å². The Balaban J connectivity index is 1.66. The molecule has 3 aromatic heterocycles. The van der Waals surface area contributed by atoms with E-state index in [9.17, 15) is 9.59 Å². The van der Waals surface area contributed by atoms with E-state index in [2.05, 4.69) is 16.9 Å². The Morgan fingerprint density at radius 1 is 1.21 bits per heavy atom. The molecule has 33 heavy (non-hydrogen) atoms. The lowest BCUT2D eigenvalue weighted by Gasteiger charge is -2.24. The van der Waals surface area contributed by atoms with Gasteiger partial charge < -0.3 is 19.1 Å². The smallest absolute Gasteiger partial charge is 0.267 e. The molecule has 4 aromatic rings. The first kappa shape index (κ1) is 21.6. The minimum atomic E-state index is -0.160. The van der Waals surface area contributed by atoms with Crippen molar-refractivity contribution in [3.63, 3.8) is 0 Å². The van der Waals surface area contributed by atoms with Crippen LogP contribution in [0, 0.1) is 0 Å². The fraction of sp³-hybridized carbons (Fsp3) is 0.320. The molecule has 1 aromatic carbocycles. The number of aryl methyl sites for hydroxylation is 1. The molecule has 0 saturated carbocycles. The highest BCUT2D eigenvalue weighted by Crippen LogP contribution is 2.41. The predicted molar refractivity (Wildman–Crippen MR) is 131 cm³/mol. The van der Waals surface area contributed by atoms with Crippen LogP contribution >= 0.6 is 11.3 Å². The molecule has 1 amide bonds. The van der Waals surface area contributed by atoms with Crippen molar-refractivity contribution in [1.82, 2.24) is 19.4 Å². The van der Waals surface area contributed by atoms with Gasteiger partial charge in [-0.15, -0.1) is 11.3 Å². The molecule has 0 spiro atoms. The van der Waals surface area contributed by atoms with Crippen molar-refractivity contribution in [1.29, 1.82) is 0 Å². The summed E-state index contributed by atoms with van der Waals surface area (Å²) in [6.45, 7) is 2.05. The second-order valence-electron chi connectivity index (χ2n) is 8.61. The highest BCUT2D eigenvalue weighted by molar-refractivity contribution is 7.22. The number of pyridine rings is 2. The highest BCUT2D eigenvalue weighted by Gasteiger charge is 2.32. The zero-order valence-electron chi connectivity index (χ0n) is 18.9. The zero-order valence-corrected chi connectivity index (χ0v) is 19.8. The molecule has 1 aliphatic heterocycles. The molecule has 4 heterocycles. The van der Waals surface area contributed by atoms with Crippen LogP contribution < -0.4 is 10.3 Å². The summed E-state index contributed by atoms with van der Waals surface area (Å²) >= 11 is 1.35. The van der Waals surface area contributed by atoms with Crippen molar-refractivity contribution >= 4 is 38.2 Å². The van der Waals surface area contributed by atoms with Crippen LogP contribution in [0.5, 0.6) is 5.75 Å². The number of nitrogens with zero attached hydrogens (tertiary/aromatic N) is 4. The Morgan fingerprint density at radius 3 is 2.70 bits per heavy atom. The lowest BCUT2D eigenvalue weighted by atomic mass is 10.1. The quantitative estimate of drug-likeness (QED) is 0.454. The maximum atomic E-state index is 13.7. The summed E-state index contributed by atoms with van der Waals surface area (Å²) in [4.78, 5) is 35.7. The largest absolute Gasteiger partial charge is 0.486 e. The van der Waals surface area contributed by atoms with E-state index in [1.54, 1.807) is 28.9 Å². The lowest BCUT2D eigenvalue weighted by Crippen LogP contribution is -2.38. The van der Waals surface area contributed by atoms with Gasteiger partial charge in [0.2, 0.25) is 0 Å². The zero-order chi connectivity index (χ0) is 23.1. The van der Waals surface area contributed by atoms with Crippen LogP contribution in [0.15, 0.2) is 53.6 Å². The normalized spacial score (nSPS) is 16.5. The van der Waals surface area contributed by atoms with Crippen molar-refractivity contribution in [2.24, 2.45) is 7.05 Å². The van der Waals surface area contributed by atoms with Gasteiger partial charge in [0.1, 0.15) is 16.9 Å². The van der Waals surface area contributed by atoms with Crippen molar-refractivity contribution < 1.29 is 9.53 Å². The van der Waals surface area contributed by atoms with E-state index >= 15 is 0 Å². The molecule has 5 rings (SSSR count). The van der Waals surface area contributed by atoms with Gasteiger partial charge in [0.05, 0.1) is 10.2 Å². The van der Waals surface area contributed by atoms with Crippen molar-refractivity contribution in [2.75, 3.05) is 27.2 Å². The van der Waals surface area contributed by atoms with E-state index in [1.807, 2.05) is 43.4 Å². The molecular weight excluding hydrogens is 436 g/mol. The number of rotatable bonds is 5. The summed E-state index contributed by atoms with van der Waals surface area (Å²) in [5.41, 5.74) is 1.60. The van der Waals surface area contributed by atoms with E-state index in [4.69, 9.17) is 4.74 Å². The molecule has 170 valence electrons. The Kier molecular flexibility index (Phi) is 5.64. The maximum Gasteiger partial charge on any atom is 0.267 e. The fourth-order valence-electron chi connectivity index (χ4n) is 4.50. The molecule has 1 saturated heterocycles. The van der Waals surface area contributed by atoms with Crippen LogP contribution in [0.1, 0.15) is 21.7 Å². The SMILES string of the molecule is CN1CCC(N(C)C(=O)c2sc3c(c2OCc2ccncc2)c(=O)n(C)c2ccccc32)C1. The third kappa shape index (κ3) is 3.79. The van der Waals surface area contributed by atoms with E-state index in [0.717, 1.165) is 40.7 Å². The number of para-hydroxylation sites is 1. The number of benzene rings is 1. The molecule has 0 radical (unpaired) electrons. The third-order valence-corrected chi connectivity index (χ3v) is 7.65. The third-order valence-electron chi connectivity index (χ3n) is 6.45. The molecule has 1 aliphatic rings. The molecule has 1 atom stereocenters. The van der Waals surface area contributed by atoms with Gasteiger partial charge in [-0.2, -0.15) is 0 Å². The van der Waals surface area contributed by atoms with Crippen LogP contribution in [-0.2, 0) is 13.7 Å². The van der Waals surface area contributed by atoms with Gasteiger partial charge >= 0.3 is 0 Å². The van der Waals surface area contributed by atoms with Crippen molar-refractivity contribution in [2.45, 2.75) is 19.1 Å². The fourth-order valence-corrected chi connectivity index (χ4v) is 5.76. The summed E-state index contributed by atoms with van der Waals surface area (Å²) in [6.07, 6.45) is 4.34. The summed E-state index contributed by atoms with van der Waals surface area (Å²) < 4.78 is 8.65. The van der Waals surface area contributed by atoms with E-state index in [-0.39, 0.29) is 24.1 Å². The van der Waals surface area contributed by atoms with E-state index in [1.165, 1.54) is 11.3 Å². The number of hydrogen-bond donors (Lipinski definition) is 0. The van der Waals surface area contributed by atoms with Gasteiger partial charge in [-0.1, -0.05) is 18.2 Å². The van der Waals surface area contributed by atoms with Crippen LogP contribution in [-0.4, -0.2) is 58.5 Å². The van der Waals surface area contributed by atoms with E-state index < -0.39 is 0 Å². The van der Waals surface area contributed by atoms with Gasteiger partial charge in [-0.25, -0.2) is 0 Å². The molecule has 8 heteroatoms. The molecular formula is C25H26N4O3S. The number of aromatic nitrogens is 2. The second kappa shape index (κ2) is 8.61. The maximum absolute atomic E-state index is 13.7. The first-order valence-electron chi connectivity index (χ1n) is 11.0. The summed E-state index contributed by atoms with van der Waals surface area (Å²) in [5.74, 6) is 0.272. The summed E-state index contributed by atoms with van der Waals surface area (Å²) in [7, 11) is 5.67. The summed E-state index contributed by atoms with van der Waals surface area (Å²) in [6, 6.07) is 11.7. The predicted octanol–water partition coefficient (Wildman–Crippen LogP) is 3.50. The van der Waals surface area contributed by atoms with Crippen LogP contribution in [0.2, 0.25) is 0 Å². The van der Waals surface area contributed by atoms with E-state index in [0.29, 0.717) is 16.0 Å². The monoisotopic (exact) mass is 462 g/mol. The average Bonchev–Trinajstić information content (AvgIpc) is 3.45. The number of likely N-dealkylation sites (tertiary alicyclic amines) is 1. The standard InChI is InChI=1S/C25H26N4O3S/c1-27-13-10-17(14-27)28(2)25(31)23-21(32-15-16-8-11-26-12-9-16)20-22(33-23)18-6-4-5-7-19(18)29(3)24(20)30/h4-9,11-12,17H,10,13-15H2,1-3H3. The second-order valence-corrected chi connectivity index (χ2v) is 9.63. The van der Waals surface area contributed by atoms with Crippen LogP contribution in [0.3, 0.4) is 0 Å². The Labute approximate surface area is 195 Å². The topological polar surface area (TPSA) is 67.7 Å². The molecule has 1 unspecified atom stereocenters. The first-order chi connectivity index (χ1) is 16.0. The van der Waals surface area contributed by atoms with Gasteiger partial charge in [0.25, 0.3) is 11.5 Å². The highest BCUT2D eigenvalue weighted by atomic mass is 32.1. The first-order valence-corrected chi connectivity index (χ1v) is 11.8. The Hall–Kier alpha value is -3.23. The minimum Gasteiger partial charge on any atom is -0.486 e. The molecule has 7 nitrogen and oxygen atoms in total. The number of ether oxygens (including phenoxy) is 1. The number of fused-ring (bicyclic) bond motifs is 3. The molecule has 0 aliphatic carbocycles. The van der Waals surface area contributed by atoms with Gasteiger partial charge in [-0.05, 0) is 43.8 Å². The number of carbonyl (C=O) groups excluding carboxylic acids is 1. The average molecular weight is 463 g/mol. The summed E-state index contributed by atoms with van der Waals surface area (Å²) in [5, 5.41) is 1.41. The minimum absolute atomic E-state index is 0.104. The number of hydrogen-bond acceptors (Lipinski definition) is 6. The van der Waals surface area contributed by atoms with Crippen LogP contribution in [0.25, 0.3) is 21.0 Å². The van der Waals surface area contributed by atoms with Gasteiger partial charge in [0.15, 0.2) is 5.75 Å². The Bertz CT molecular complexity index is 1400. The Morgan fingerprint density at radius 2 is 1.97 bits per heavy atom.